The van der Waals surface area contributed by atoms with Crippen molar-refractivity contribution in [2.45, 2.75) is 63.6 Å². The fourth-order valence-corrected chi connectivity index (χ4v) is 7.53. The summed E-state index contributed by atoms with van der Waals surface area (Å²) < 4.78 is 2.06. The lowest BCUT2D eigenvalue weighted by atomic mass is 9.77. The molecule has 2 aromatic carbocycles. The van der Waals surface area contributed by atoms with Crippen molar-refractivity contribution in [3.05, 3.63) is 66.1 Å². The molecule has 1 aliphatic carbocycles. The highest BCUT2D eigenvalue weighted by Crippen LogP contribution is 2.40. The van der Waals surface area contributed by atoms with Gasteiger partial charge in [0.25, 0.3) is 11.8 Å². The van der Waals surface area contributed by atoms with Crippen LogP contribution in [0.25, 0.3) is 22.3 Å². The van der Waals surface area contributed by atoms with Crippen molar-refractivity contribution in [2.24, 2.45) is 5.92 Å². The number of piperidine rings is 1. The summed E-state index contributed by atoms with van der Waals surface area (Å²) >= 11 is 0. The van der Waals surface area contributed by atoms with Gasteiger partial charge in [-0.05, 0) is 81.3 Å². The number of amides is 4. The predicted molar refractivity (Wildman–Crippen MR) is 183 cm³/mol. The quantitative estimate of drug-likeness (QED) is 0.179. The number of rotatable bonds is 9. The highest BCUT2D eigenvalue weighted by Gasteiger charge is 2.44. The maximum Gasteiger partial charge on any atom is 0.262 e. The van der Waals surface area contributed by atoms with Crippen molar-refractivity contribution in [1.82, 2.24) is 35.3 Å². The molecule has 3 fully saturated rings. The molecule has 2 aromatic heterocycles. The van der Waals surface area contributed by atoms with Crippen LogP contribution >= 0.6 is 0 Å². The number of aromatic nitrogens is 4. The lowest BCUT2D eigenvalue weighted by Gasteiger charge is -2.35. The van der Waals surface area contributed by atoms with Gasteiger partial charge in [-0.1, -0.05) is 0 Å². The number of nitrogens with zero attached hydrogens (tertiary/aromatic N) is 6. The molecule has 4 aromatic rings. The van der Waals surface area contributed by atoms with Crippen LogP contribution in [0.4, 0.5) is 11.4 Å². The van der Waals surface area contributed by atoms with Crippen molar-refractivity contribution < 1.29 is 19.2 Å². The molecule has 2 saturated heterocycles. The minimum absolute atomic E-state index is 0.0970. The third kappa shape index (κ3) is 6.03. The summed E-state index contributed by atoms with van der Waals surface area (Å²) in [6, 6.07) is 11.3. The number of imide groups is 2. The SMILES string of the molecule is C[C@H]1CN(c2ccc3ncc(-c4cnn([C@H]5C[C@H](CCCNc6ccc7c(c6)C(=O)N(C6CCC(=O)NC6=O)C7=O)C5)c4)nc3c2)CCN1. The summed E-state index contributed by atoms with van der Waals surface area (Å²) in [4.78, 5) is 62.9. The second-order valence-corrected chi connectivity index (χ2v) is 13.7. The van der Waals surface area contributed by atoms with Crippen molar-refractivity contribution >= 4 is 46.0 Å². The first-order valence-corrected chi connectivity index (χ1v) is 17.2. The van der Waals surface area contributed by atoms with E-state index in [0.29, 0.717) is 18.0 Å². The van der Waals surface area contributed by atoms with Gasteiger partial charge in [0.1, 0.15) is 6.04 Å². The highest BCUT2D eigenvalue weighted by atomic mass is 16.2. The van der Waals surface area contributed by atoms with Gasteiger partial charge in [0, 0.05) is 61.8 Å². The average molecular weight is 662 g/mol. The normalized spacial score (nSPS) is 23.9. The summed E-state index contributed by atoms with van der Waals surface area (Å²) in [5, 5.41) is 13.8. The molecular formula is C36H39N9O4. The molecular weight excluding hydrogens is 622 g/mol. The fraction of sp³-hybridized carbons (Fsp3) is 0.417. The molecule has 3 N–H and O–H groups in total. The minimum atomic E-state index is -0.964. The highest BCUT2D eigenvalue weighted by molar-refractivity contribution is 6.23. The van der Waals surface area contributed by atoms with Gasteiger partial charge in [0.15, 0.2) is 0 Å². The number of hydrogen-bond acceptors (Lipinski definition) is 10. The van der Waals surface area contributed by atoms with Gasteiger partial charge in [0.2, 0.25) is 11.8 Å². The Morgan fingerprint density at radius 2 is 1.84 bits per heavy atom. The second-order valence-electron chi connectivity index (χ2n) is 13.7. The summed E-state index contributed by atoms with van der Waals surface area (Å²) in [5.41, 5.74) is 6.07. The zero-order valence-corrected chi connectivity index (χ0v) is 27.4. The Kier molecular flexibility index (Phi) is 8.06. The van der Waals surface area contributed by atoms with Crippen molar-refractivity contribution in [2.75, 3.05) is 36.4 Å². The monoisotopic (exact) mass is 661 g/mol. The van der Waals surface area contributed by atoms with Gasteiger partial charge in [-0.3, -0.25) is 39.1 Å². The number of carbonyl (C=O) groups is 4. The summed E-state index contributed by atoms with van der Waals surface area (Å²) in [6.45, 7) is 5.87. The van der Waals surface area contributed by atoms with Crippen LogP contribution in [0.2, 0.25) is 0 Å². The van der Waals surface area contributed by atoms with Gasteiger partial charge in [-0.15, -0.1) is 0 Å². The number of carbonyl (C=O) groups excluding carboxylic acids is 4. The third-order valence-corrected chi connectivity index (χ3v) is 10.3. The van der Waals surface area contributed by atoms with Crippen LogP contribution in [0.1, 0.15) is 72.2 Å². The van der Waals surface area contributed by atoms with Crippen LogP contribution in [-0.4, -0.2) is 86.5 Å². The van der Waals surface area contributed by atoms with E-state index < -0.39 is 23.8 Å². The lowest BCUT2D eigenvalue weighted by molar-refractivity contribution is -0.136. The van der Waals surface area contributed by atoms with E-state index in [1.807, 2.05) is 12.4 Å². The Balaban J connectivity index is 0.819. The van der Waals surface area contributed by atoms with E-state index in [-0.39, 0.29) is 29.9 Å². The van der Waals surface area contributed by atoms with Gasteiger partial charge in [0.05, 0.1) is 46.3 Å². The van der Waals surface area contributed by atoms with Gasteiger partial charge >= 0.3 is 0 Å². The number of anilines is 2. The van der Waals surface area contributed by atoms with Crippen molar-refractivity contribution in [3.63, 3.8) is 0 Å². The molecule has 49 heavy (non-hydrogen) atoms. The second kappa shape index (κ2) is 12.7. The molecule has 8 rings (SSSR count). The van der Waals surface area contributed by atoms with E-state index in [4.69, 9.17) is 4.98 Å². The van der Waals surface area contributed by atoms with Crippen LogP contribution in [-0.2, 0) is 9.59 Å². The maximum atomic E-state index is 13.1. The minimum Gasteiger partial charge on any atom is -0.385 e. The fourth-order valence-electron chi connectivity index (χ4n) is 7.53. The zero-order chi connectivity index (χ0) is 33.6. The van der Waals surface area contributed by atoms with Crippen LogP contribution in [0, 0.1) is 5.92 Å². The molecule has 3 aliphatic heterocycles. The number of benzene rings is 2. The standard InChI is InChI=1S/C36H39N9O4/c1-21-19-43(12-11-37-21)25-5-7-29-30(16-25)41-31(18-39-29)23-17-40-44(20-23)26-13-22(14-26)3-2-10-38-24-4-6-27-28(15-24)36(49)45(35(27)48)32-8-9-33(46)42-34(32)47/h4-7,15-18,20-22,26,32,37-38H,2-3,8-14,19H2,1H3,(H,42,46,47)/t21-,22-,26-,32?/m0/s1. The number of piperazine rings is 1. The summed E-state index contributed by atoms with van der Waals surface area (Å²) in [6.07, 6.45) is 10.2. The molecule has 4 amide bonds. The Morgan fingerprint density at radius 3 is 2.67 bits per heavy atom. The summed E-state index contributed by atoms with van der Waals surface area (Å²) in [5.74, 6) is -1.37. The van der Waals surface area contributed by atoms with E-state index in [1.54, 1.807) is 18.2 Å². The predicted octanol–water partition coefficient (Wildman–Crippen LogP) is 3.54. The molecule has 1 unspecified atom stereocenters. The molecule has 13 heteroatoms. The van der Waals surface area contributed by atoms with Gasteiger partial charge < -0.3 is 15.5 Å². The van der Waals surface area contributed by atoms with Crippen molar-refractivity contribution in [3.8, 4) is 11.3 Å². The van der Waals surface area contributed by atoms with Crippen LogP contribution in [0.15, 0.2) is 55.0 Å². The summed E-state index contributed by atoms with van der Waals surface area (Å²) in [7, 11) is 0. The molecule has 252 valence electrons. The van der Waals surface area contributed by atoms with Crippen LogP contribution in [0.3, 0.4) is 0 Å². The molecule has 5 heterocycles. The average Bonchev–Trinajstić information content (AvgIpc) is 3.66. The first-order valence-electron chi connectivity index (χ1n) is 17.2. The van der Waals surface area contributed by atoms with E-state index in [0.717, 1.165) is 84.7 Å². The number of fused-ring (bicyclic) bond motifs is 2. The Hall–Kier alpha value is -5.17. The Bertz CT molecular complexity index is 1970. The molecule has 0 spiro atoms. The molecule has 13 nitrogen and oxygen atoms in total. The molecule has 0 bridgehead atoms. The first kappa shape index (κ1) is 31.1. The smallest absolute Gasteiger partial charge is 0.262 e. The zero-order valence-electron chi connectivity index (χ0n) is 27.4. The first-order chi connectivity index (χ1) is 23.8. The van der Waals surface area contributed by atoms with Crippen molar-refractivity contribution in [1.29, 1.82) is 0 Å². The van der Waals surface area contributed by atoms with Gasteiger partial charge in [-0.2, -0.15) is 5.10 Å². The van der Waals surface area contributed by atoms with E-state index in [9.17, 15) is 19.2 Å². The van der Waals surface area contributed by atoms with Gasteiger partial charge in [-0.25, -0.2) is 4.98 Å². The largest absolute Gasteiger partial charge is 0.385 e. The number of hydrogen-bond donors (Lipinski definition) is 3. The Labute approximate surface area is 283 Å². The van der Waals surface area contributed by atoms with Crippen LogP contribution < -0.4 is 20.9 Å². The van der Waals surface area contributed by atoms with E-state index >= 15 is 0 Å². The molecule has 2 atom stereocenters. The lowest BCUT2D eigenvalue weighted by Crippen LogP contribution is -2.54. The Morgan fingerprint density at radius 1 is 0.980 bits per heavy atom. The molecule has 0 radical (unpaired) electrons. The van der Waals surface area contributed by atoms with Crippen LogP contribution in [0.5, 0.6) is 0 Å². The number of nitrogens with one attached hydrogen (secondary N) is 3. The van der Waals surface area contributed by atoms with E-state index in [2.05, 4.69) is 66.9 Å². The molecule has 4 aliphatic rings. The molecule has 1 saturated carbocycles. The van der Waals surface area contributed by atoms with E-state index in [1.165, 1.54) is 5.69 Å². The third-order valence-electron chi connectivity index (χ3n) is 10.3. The topological polar surface area (TPSA) is 154 Å². The maximum absolute atomic E-state index is 13.1.